The highest BCUT2D eigenvalue weighted by atomic mass is 16.5. The van der Waals surface area contributed by atoms with E-state index in [-0.39, 0.29) is 0 Å². The second-order valence-electron chi connectivity index (χ2n) is 7.55. The van der Waals surface area contributed by atoms with Crippen molar-refractivity contribution in [2.24, 2.45) is 7.05 Å². The second kappa shape index (κ2) is 7.29. The van der Waals surface area contributed by atoms with Crippen molar-refractivity contribution >= 4 is 16.7 Å². The van der Waals surface area contributed by atoms with Crippen molar-refractivity contribution in [3.05, 3.63) is 54.2 Å². The second-order valence-corrected chi connectivity index (χ2v) is 7.55. The van der Waals surface area contributed by atoms with Crippen LogP contribution in [0.1, 0.15) is 11.5 Å². The van der Waals surface area contributed by atoms with Gasteiger partial charge >= 0.3 is 0 Å². The smallest absolute Gasteiger partial charge is 0.231 e. The Labute approximate surface area is 168 Å². The molecular formula is C21H23N7O. The molecule has 0 atom stereocenters. The number of pyridine rings is 1. The topological polar surface area (TPSA) is 76.1 Å². The molecule has 1 aromatic carbocycles. The van der Waals surface area contributed by atoms with E-state index < -0.39 is 0 Å². The molecule has 4 heterocycles. The molecule has 148 valence electrons. The molecule has 1 saturated heterocycles. The lowest BCUT2D eigenvalue weighted by molar-refractivity contribution is 0.312. The summed E-state index contributed by atoms with van der Waals surface area (Å²) in [7, 11) is 4.09. The molecule has 0 N–H and O–H groups in total. The minimum Gasteiger partial charge on any atom is -0.354 e. The third-order valence-electron chi connectivity index (χ3n) is 5.47. The average molecular weight is 389 g/mol. The maximum absolute atomic E-state index is 5.47. The normalized spacial score (nSPS) is 15.3. The number of anilines is 1. The lowest BCUT2D eigenvalue weighted by Crippen LogP contribution is -2.44. The van der Waals surface area contributed by atoms with Crippen LogP contribution in [-0.2, 0) is 13.5 Å². The fraction of sp³-hybridized carbons (Fsp3) is 0.333. The van der Waals surface area contributed by atoms with Crippen LogP contribution in [0.2, 0.25) is 0 Å². The number of fused-ring (bicyclic) bond motifs is 1. The maximum Gasteiger partial charge on any atom is 0.231 e. The van der Waals surface area contributed by atoms with E-state index in [1.54, 1.807) is 0 Å². The number of likely N-dealkylation sites (N-methyl/N-ethyl adjacent to an activating group) is 1. The summed E-state index contributed by atoms with van der Waals surface area (Å²) in [5.41, 5.74) is 3.08. The third-order valence-corrected chi connectivity index (χ3v) is 5.47. The average Bonchev–Trinajstić information content (AvgIpc) is 3.36. The van der Waals surface area contributed by atoms with E-state index in [0.717, 1.165) is 54.0 Å². The van der Waals surface area contributed by atoms with Gasteiger partial charge in [-0.3, -0.25) is 4.68 Å². The Morgan fingerprint density at radius 3 is 2.66 bits per heavy atom. The van der Waals surface area contributed by atoms with Crippen molar-refractivity contribution in [2.75, 3.05) is 38.1 Å². The van der Waals surface area contributed by atoms with Gasteiger partial charge in [0.2, 0.25) is 11.7 Å². The van der Waals surface area contributed by atoms with E-state index in [0.29, 0.717) is 18.1 Å². The summed E-state index contributed by atoms with van der Waals surface area (Å²) in [5.74, 6) is 2.15. The van der Waals surface area contributed by atoms with Gasteiger partial charge in [0.05, 0.1) is 18.1 Å². The molecule has 1 fully saturated rings. The van der Waals surface area contributed by atoms with Crippen molar-refractivity contribution in [2.45, 2.75) is 6.42 Å². The molecule has 0 radical (unpaired) electrons. The van der Waals surface area contributed by atoms with Gasteiger partial charge in [-0.1, -0.05) is 11.2 Å². The Morgan fingerprint density at radius 1 is 1.00 bits per heavy atom. The fourth-order valence-corrected chi connectivity index (χ4v) is 3.68. The highest BCUT2D eigenvalue weighted by Gasteiger charge is 2.16. The van der Waals surface area contributed by atoms with Crippen LogP contribution in [0.5, 0.6) is 0 Å². The van der Waals surface area contributed by atoms with Crippen molar-refractivity contribution in [3.63, 3.8) is 0 Å². The summed E-state index contributed by atoms with van der Waals surface area (Å²) in [6.45, 7) is 4.11. The molecule has 8 nitrogen and oxygen atoms in total. The van der Waals surface area contributed by atoms with E-state index in [9.17, 15) is 0 Å². The number of piperazine rings is 1. The van der Waals surface area contributed by atoms with Crippen molar-refractivity contribution in [3.8, 4) is 11.4 Å². The standard InChI is InChI=1S/C21H23N7O/c1-26-7-9-28(10-8-26)19-6-4-16(13-22-19)21-24-20(29-25-21)12-15-3-5-18-17(11-15)14-23-27(18)2/h3-6,11,13-14H,7-10,12H2,1-2H3. The number of hydrogen-bond donors (Lipinski definition) is 0. The van der Waals surface area contributed by atoms with Gasteiger partial charge in [0.25, 0.3) is 0 Å². The van der Waals surface area contributed by atoms with Gasteiger partial charge in [-0.2, -0.15) is 10.1 Å². The molecule has 29 heavy (non-hydrogen) atoms. The SMILES string of the molecule is CN1CCN(c2ccc(-c3noc(Cc4ccc5c(cnn5C)c4)n3)cn2)CC1. The van der Waals surface area contributed by atoms with E-state index in [1.165, 1.54) is 0 Å². The molecule has 0 unspecified atom stereocenters. The number of aryl methyl sites for hydroxylation is 1. The first kappa shape index (κ1) is 17.8. The molecule has 0 bridgehead atoms. The lowest BCUT2D eigenvalue weighted by Gasteiger charge is -2.33. The molecule has 8 heteroatoms. The molecule has 4 aromatic rings. The summed E-state index contributed by atoms with van der Waals surface area (Å²) in [6.07, 6.45) is 4.28. The summed E-state index contributed by atoms with van der Waals surface area (Å²) in [5, 5.41) is 9.53. The highest BCUT2D eigenvalue weighted by molar-refractivity contribution is 5.79. The Kier molecular flexibility index (Phi) is 4.48. The highest BCUT2D eigenvalue weighted by Crippen LogP contribution is 2.21. The zero-order valence-electron chi connectivity index (χ0n) is 16.6. The van der Waals surface area contributed by atoms with Crippen molar-refractivity contribution in [1.29, 1.82) is 0 Å². The Hall–Kier alpha value is -3.26. The first-order valence-electron chi connectivity index (χ1n) is 9.79. The van der Waals surface area contributed by atoms with Gasteiger partial charge < -0.3 is 14.3 Å². The van der Waals surface area contributed by atoms with Crippen LogP contribution in [-0.4, -0.2) is 63.0 Å². The molecule has 5 rings (SSSR count). The van der Waals surface area contributed by atoms with Crippen LogP contribution in [0.25, 0.3) is 22.3 Å². The fourth-order valence-electron chi connectivity index (χ4n) is 3.68. The summed E-state index contributed by atoms with van der Waals surface area (Å²) in [6, 6.07) is 10.3. The minimum absolute atomic E-state index is 0.569. The number of nitrogens with zero attached hydrogens (tertiary/aromatic N) is 7. The van der Waals surface area contributed by atoms with Crippen LogP contribution in [0, 0.1) is 0 Å². The molecule has 1 aliphatic rings. The number of hydrogen-bond acceptors (Lipinski definition) is 7. The maximum atomic E-state index is 5.47. The zero-order valence-corrected chi connectivity index (χ0v) is 16.6. The van der Waals surface area contributed by atoms with Crippen LogP contribution < -0.4 is 4.90 Å². The molecule has 3 aromatic heterocycles. The molecule has 0 aliphatic carbocycles. The van der Waals surface area contributed by atoms with Gasteiger partial charge in [0, 0.05) is 50.4 Å². The van der Waals surface area contributed by atoms with Gasteiger partial charge in [-0.25, -0.2) is 4.98 Å². The van der Waals surface area contributed by atoms with E-state index in [4.69, 9.17) is 4.52 Å². The van der Waals surface area contributed by atoms with Crippen LogP contribution in [0.15, 0.2) is 47.2 Å². The Balaban J connectivity index is 1.30. The third kappa shape index (κ3) is 3.58. The minimum atomic E-state index is 0.569. The summed E-state index contributed by atoms with van der Waals surface area (Å²) in [4.78, 5) is 13.8. The number of rotatable bonds is 4. The first-order valence-corrected chi connectivity index (χ1v) is 9.79. The predicted octanol–water partition coefficient (Wildman–Crippen LogP) is 2.36. The molecular weight excluding hydrogens is 366 g/mol. The van der Waals surface area contributed by atoms with Crippen molar-refractivity contribution in [1.82, 2.24) is 29.8 Å². The van der Waals surface area contributed by atoms with Crippen LogP contribution in [0.3, 0.4) is 0 Å². The van der Waals surface area contributed by atoms with Gasteiger partial charge in [0.15, 0.2) is 0 Å². The quantitative estimate of drug-likeness (QED) is 0.530. The van der Waals surface area contributed by atoms with Gasteiger partial charge in [-0.15, -0.1) is 0 Å². The monoisotopic (exact) mass is 389 g/mol. The van der Waals surface area contributed by atoms with Gasteiger partial charge in [0.1, 0.15) is 5.82 Å². The van der Waals surface area contributed by atoms with E-state index in [1.807, 2.05) is 36.3 Å². The van der Waals surface area contributed by atoms with Crippen LogP contribution >= 0.6 is 0 Å². The Morgan fingerprint density at radius 2 is 1.86 bits per heavy atom. The molecule has 0 saturated carbocycles. The number of benzene rings is 1. The molecule has 1 aliphatic heterocycles. The number of aromatic nitrogens is 5. The molecule has 0 spiro atoms. The summed E-state index contributed by atoms with van der Waals surface area (Å²) >= 11 is 0. The predicted molar refractivity (Wildman–Crippen MR) is 111 cm³/mol. The zero-order chi connectivity index (χ0) is 19.8. The summed E-state index contributed by atoms with van der Waals surface area (Å²) < 4.78 is 7.34. The Bertz CT molecular complexity index is 1120. The largest absolute Gasteiger partial charge is 0.354 e. The van der Waals surface area contributed by atoms with Crippen molar-refractivity contribution < 1.29 is 4.52 Å². The van der Waals surface area contributed by atoms with Crippen LogP contribution in [0.4, 0.5) is 5.82 Å². The first-order chi connectivity index (χ1) is 14.2. The van der Waals surface area contributed by atoms with Gasteiger partial charge in [-0.05, 0) is 36.9 Å². The van der Waals surface area contributed by atoms with E-state index >= 15 is 0 Å². The lowest BCUT2D eigenvalue weighted by atomic mass is 10.1. The molecule has 0 amide bonds. The van der Waals surface area contributed by atoms with E-state index in [2.05, 4.69) is 55.3 Å².